The highest BCUT2D eigenvalue weighted by atomic mass is 32.2. The Balaban J connectivity index is 2.68. The van der Waals surface area contributed by atoms with Gasteiger partial charge in [0.25, 0.3) is 0 Å². The Hall–Kier alpha value is -1.41. The third-order valence-corrected chi connectivity index (χ3v) is 3.93. The van der Waals surface area contributed by atoms with Crippen LogP contribution in [0, 0.1) is 12.8 Å². The number of sulfonamides is 1. The van der Waals surface area contributed by atoms with Crippen molar-refractivity contribution < 1.29 is 22.8 Å². The fourth-order valence-corrected chi connectivity index (χ4v) is 2.70. The monoisotopic (exact) mass is 276 g/mol. The van der Waals surface area contributed by atoms with Crippen LogP contribution >= 0.6 is 0 Å². The fraction of sp³-hybridized carbons (Fsp3) is 0.600. The number of carbonyl (C=O) groups is 1. The zero-order valence-electron chi connectivity index (χ0n) is 10.4. The van der Waals surface area contributed by atoms with Crippen molar-refractivity contribution in [3.63, 3.8) is 0 Å². The summed E-state index contributed by atoms with van der Waals surface area (Å²) in [5, 5.41) is 12.4. The van der Waals surface area contributed by atoms with E-state index in [1.807, 2.05) is 0 Å². The summed E-state index contributed by atoms with van der Waals surface area (Å²) in [6, 6.07) is 0.824. The van der Waals surface area contributed by atoms with Crippen LogP contribution in [0.25, 0.3) is 0 Å². The summed E-state index contributed by atoms with van der Waals surface area (Å²) < 4.78 is 30.6. The van der Waals surface area contributed by atoms with Gasteiger partial charge in [0.2, 0.25) is 10.0 Å². The van der Waals surface area contributed by atoms with Crippen LogP contribution < -0.4 is 4.72 Å². The van der Waals surface area contributed by atoms with Gasteiger partial charge in [-0.25, -0.2) is 13.1 Å². The maximum Gasteiger partial charge on any atom is 0.307 e. The van der Waals surface area contributed by atoms with Gasteiger partial charge in [-0.2, -0.15) is 0 Å². The molecule has 0 aliphatic heterocycles. The third kappa shape index (κ3) is 4.11. The molecule has 1 aromatic rings. The Bertz CT molecular complexity index is 522. The Morgan fingerprint density at radius 3 is 2.61 bits per heavy atom. The SMILES string of the molecule is Cc1cc(CS(=O)(=O)NC(C)C(C)C(=O)O)no1. The number of carboxylic acid groups (broad SMARTS) is 1. The van der Waals surface area contributed by atoms with E-state index in [1.54, 1.807) is 6.92 Å². The van der Waals surface area contributed by atoms with Gasteiger partial charge in [-0.05, 0) is 13.8 Å². The molecular formula is C10H16N2O5S. The second-order valence-corrected chi connectivity index (χ2v) is 5.98. The molecule has 102 valence electrons. The van der Waals surface area contributed by atoms with Gasteiger partial charge in [0.15, 0.2) is 0 Å². The lowest BCUT2D eigenvalue weighted by Gasteiger charge is -2.17. The minimum atomic E-state index is -3.63. The summed E-state index contributed by atoms with van der Waals surface area (Å²) in [5.41, 5.74) is 0.287. The summed E-state index contributed by atoms with van der Waals surface area (Å²) in [4.78, 5) is 10.7. The molecule has 18 heavy (non-hydrogen) atoms. The second-order valence-electron chi connectivity index (χ2n) is 4.22. The van der Waals surface area contributed by atoms with E-state index in [2.05, 4.69) is 9.88 Å². The van der Waals surface area contributed by atoms with Crippen LogP contribution in [0.3, 0.4) is 0 Å². The zero-order chi connectivity index (χ0) is 13.9. The molecule has 0 bridgehead atoms. The maximum atomic E-state index is 11.8. The largest absolute Gasteiger partial charge is 0.481 e. The van der Waals surface area contributed by atoms with Crippen molar-refractivity contribution in [2.24, 2.45) is 5.92 Å². The molecule has 2 atom stereocenters. The van der Waals surface area contributed by atoms with Gasteiger partial charge in [0.1, 0.15) is 17.2 Å². The van der Waals surface area contributed by atoms with Gasteiger partial charge < -0.3 is 9.63 Å². The predicted molar refractivity (Wildman–Crippen MR) is 63.3 cm³/mol. The summed E-state index contributed by atoms with van der Waals surface area (Å²) >= 11 is 0. The molecule has 0 saturated carbocycles. The van der Waals surface area contributed by atoms with Crippen molar-refractivity contribution in [3.8, 4) is 0 Å². The lowest BCUT2D eigenvalue weighted by Crippen LogP contribution is -2.40. The molecule has 0 spiro atoms. The average molecular weight is 276 g/mol. The van der Waals surface area contributed by atoms with Gasteiger partial charge in [-0.1, -0.05) is 12.1 Å². The first-order valence-corrected chi connectivity index (χ1v) is 7.01. The van der Waals surface area contributed by atoms with Crippen LogP contribution in [0.1, 0.15) is 25.3 Å². The maximum absolute atomic E-state index is 11.8. The molecule has 1 heterocycles. The third-order valence-electron chi connectivity index (χ3n) is 2.52. The van der Waals surface area contributed by atoms with Gasteiger partial charge in [0, 0.05) is 12.1 Å². The molecule has 8 heteroatoms. The number of aryl methyl sites for hydroxylation is 1. The van der Waals surface area contributed by atoms with Gasteiger partial charge in [-0.15, -0.1) is 0 Å². The predicted octanol–water partition coefficient (Wildman–Crippen LogP) is 0.512. The Labute approximate surface area is 105 Å². The summed E-state index contributed by atoms with van der Waals surface area (Å²) in [7, 11) is -3.63. The molecule has 0 saturated heterocycles. The van der Waals surface area contributed by atoms with E-state index < -0.39 is 28.0 Å². The number of hydrogen-bond donors (Lipinski definition) is 2. The first-order valence-electron chi connectivity index (χ1n) is 5.36. The van der Waals surface area contributed by atoms with Crippen LogP contribution in [0.15, 0.2) is 10.6 Å². The minimum absolute atomic E-state index is 0.287. The number of aromatic nitrogens is 1. The van der Waals surface area contributed by atoms with Crippen molar-refractivity contribution in [2.45, 2.75) is 32.6 Å². The zero-order valence-corrected chi connectivity index (χ0v) is 11.2. The van der Waals surface area contributed by atoms with E-state index in [-0.39, 0.29) is 11.4 Å². The van der Waals surface area contributed by atoms with Crippen LogP contribution in [0.4, 0.5) is 0 Å². The summed E-state index contributed by atoms with van der Waals surface area (Å²) in [6.45, 7) is 4.60. The Morgan fingerprint density at radius 2 is 2.17 bits per heavy atom. The summed E-state index contributed by atoms with van der Waals surface area (Å²) in [5.74, 6) is -1.67. The number of nitrogens with zero attached hydrogens (tertiary/aromatic N) is 1. The number of rotatable bonds is 6. The van der Waals surface area contributed by atoms with Gasteiger partial charge >= 0.3 is 5.97 Å². The number of carboxylic acids is 1. The molecule has 1 aromatic heterocycles. The van der Waals surface area contributed by atoms with E-state index in [0.29, 0.717) is 5.76 Å². The topological polar surface area (TPSA) is 110 Å². The van der Waals surface area contributed by atoms with Gasteiger partial charge in [0.05, 0.1) is 5.92 Å². The normalized spacial score (nSPS) is 15.3. The molecule has 7 nitrogen and oxygen atoms in total. The molecule has 2 unspecified atom stereocenters. The molecule has 0 aliphatic carbocycles. The van der Waals surface area contributed by atoms with Crippen LogP contribution in [-0.4, -0.2) is 30.7 Å². The van der Waals surface area contributed by atoms with Crippen molar-refractivity contribution >= 4 is 16.0 Å². The number of aliphatic carboxylic acids is 1. The Morgan fingerprint density at radius 1 is 1.56 bits per heavy atom. The second kappa shape index (κ2) is 5.49. The van der Waals surface area contributed by atoms with E-state index >= 15 is 0 Å². The molecular weight excluding hydrogens is 260 g/mol. The van der Waals surface area contributed by atoms with Crippen LogP contribution in [0.5, 0.6) is 0 Å². The highest BCUT2D eigenvalue weighted by molar-refractivity contribution is 7.88. The number of nitrogens with one attached hydrogen (secondary N) is 1. The molecule has 0 amide bonds. The lowest BCUT2D eigenvalue weighted by molar-refractivity contribution is -0.141. The fourth-order valence-electron chi connectivity index (χ4n) is 1.32. The molecule has 2 N–H and O–H groups in total. The molecule has 0 aromatic carbocycles. The first-order chi connectivity index (χ1) is 8.21. The molecule has 1 rings (SSSR count). The quantitative estimate of drug-likeness (QED) is 0.783. The van der Waals surface area contributed by atoms with Crippen molar-refractivity contribution in [3.05, 3.63) is 17.5 Å². The smallest absolute Gasteiger partial charge is 0.307 e. The highest BCUT2D eigenvalue weighted by Gasteiger charge is 2.24. The average Bonchev–Trinajstić information content (AvgIpc) is 2.60. The molecule has 0 radical (unpaired) electrons. The summed E-state index contributed by atoms with van der Waals surface area (Å²) in [6.07, 6.45) is 0. The van der Waals surface area contributed by atoms with Crippen LogP contribution in [0.2, 0.25) is 0 Å². The molecule has 0 aliphatic rings. The van der Waals surface area contributed by atoms with E-state index in [4.69, 9.17) is 9.63 Å². The standard InChI is InChI=1S/C10H16N2O5S/c1-6-4-9(11-17-6)5-18(15,16)12-8(3)7(2)10(13)14/h4,7-8,12H,5H2,1-3H3,(H,13,14). The van der Waals surface area contributed by atoms with Gasteiger partial charge in [-0.3, -0.25) is 4.79 Å². The van der Waals surface area contributed by atoms with E-state index in [0.717, 1.165) is 0 Å². The first kappa shape index (κ1) is 14.7. The van der Waals surface area contributed by atoms with Crippen molar-refractivity contribution in [2.75, 3.05) is 0 Å². The van der Waals surface area contributed by atoms with E-state index in [9.17, 15) is 13.2 Å². The number of hydrogen-bond acceptors (Lipinski definition) is 5. The van der Waals surface area contributed by atoms with Crippen molar-refractivity contribution in [1.82, 2.24) is 9.88 Å². The molecule has 0 fully saturated rings. The lowest BCUT2D eigenvalue weighted by atomic mass is 10.1. The van der Waals surface area contributed by atoms with Crippen LogP contribution in [-0.2, 0) is 20.6 Å². The highest BCUT2D eigenvalue weighted by Crippen LogP contribution is 2.09. The van der Waals surface area contributed by atoms with Crippen molar-refractivity contribution in [1.29, 1.82) is 0 Å². The minimum Gasteiger partial charge on any atom is -0.481 e. The Kier molecular flexibility index (Phi) is 4.47. The van der Waals surface area contributed by atoms with E-state index in [1.165, 1.54) is 19.9 Å².